The summed E-state index contributed by atoms with van der Waals surface area (Å²) in [5.74, 6) is 0.331. The van der Waals surface area contributed by atoms with Crippen molar-refractivity contribution in [1.29, 1.82) is 0 Å². The van der Waals surface area contributed by atoms with Gasteiger partial charge in [-0.05, 0) is 92.6 Å². The Bertz CT molecular complexity index is 2370. The van der Waals surface area contributed by atoms with E-state index in [4.69, 9.17) is 4.99 Å². The molecule has 12 heteroatoms. The molecule has 1 atom stereocenters. The second-order valence-electron chi connectivity index (χ2n) is 17.1. The first-order chi connectivity index (χ1) is 29.1. The van der Waals surface area contributed by atoms with E-state index in [1.807, 2.05) is 58.0 Å². The van der Waals surface area contributed by atoms with Crippen molar-refractivity contribution in [1.82, 2.24) is 4.98 Å². The molecule has 0 spiro atoms. The Morgan fingerprint density at radius 3 is 2.02 bits per heavy atom. The minimum atomic E-state index is -4.70. The summed E-state index contributed by atoms with van der Waals surface area (Å²) >= 11 is 0. The molecule has 2 heterocycles. The van der Waals surface area contributed by atoms with Crippen molar-refractivity contribution >= 4 is 40.4 Å². The number of aryl methyl sites for hydroxylation is 3. The van der Waals surface area contributed by atoms with Crippen LogP contribution in [0.2, 0.25) is 5.82 Å². The Morgan fingerprint density at radius 1 is 0.825 bits per heavy atom. The van der Waals surface area contributed by atoms with E-state index < -0.39 is 23.3 Å². The third kappa shape index (κ3) is 11.6. The van der Waals surface area contributed by atoms with Crippen molar-refractivity contribution in [3.63, 3.8) is 0 Å². The van der Waals surface area contributed by atoms with Crippen molar-refractivity contribution in [3.05, 3.63) is 137 Å². The predicted octanol–water partition coefficient (Wildman–Crippen LogP) is 13.2. The van der Waals surface area contributed by atoms with Gasteiger partial charge >= 0.3 is 12.4 Å². The van der Waals surface area contributed by atoms with Crippen LogP contribution < -0.4 is 10.9 Å². The number of hydrogen-bond donors (Lipinski definition) is 1. The zero-order chi connectivity index (χ0) is 45.7. The van der Waals surface area contributed by atoms with Gasteiger partial charge in [0.15, 0.2) is 5.78 Å². The number of nitrogens with zero attached hydrogens (tertiary/aromatic N) is 2. The van der Waals surface area contributed by atoms with Gasteiger partial charge in [0.25, 0.3) is 0 Å². The molecule has 4 aromatic rings. The van der Waals surface area contributed by atoms with Crippen LogP contribution in [-0.2, 0) is 37.5 Å². The molecular weight excluding hydrogens is 990 g/mol. The van der Waals surface area contributed by atoms with Crippen LogP contribution in [0.4, 0.5) is 32.0 Å². The van der Waals surface area contributed by atoms with Crippen LogP contribution in [0.3, 0.4) is 0 Å². The molecule has 4 nitrogen and oxygen atoms in total. The van der Waals surface area contributed by atoms with E-state index in [0.29, 0.717) is 22.4 Å². The number of carbonyl (C=O) groups excluding carboxylic acids is 1. The number of fused-ring (bicyclic) bond motifs is 2. The fourth-order valence-electron chi connectivity index (χ4n) is 8.51. The predicted molar refractivity (Wildman–Crippen MR) is 241 cm³/mol. The zero-order valence-electron chi connectivity index (χ0n) is 37.4. The molecule has 0 saturated heterocycles. The van der Waals surface area contributed by atoms with E-state index in [1.54, 1.807) is 13.0 Å². The van der Waals surface area contributed by atoms with E-state index in [2.05, 4.69) is 43.1 Å². The normalized spacial score (nSPS) is 15.2. The van der Waals surface area contributed by atoms with Gasteiger partial charge in [-0.15, -0.1) is 17.7 Å². The summed E-state index contributed by atoms with van der Waals surface area (Å²) in [6, 6.07) is 20.0. The molecule has 337 valence electrons. The summed E-state index contributed by atoms with van der Waals surface area (Å²) < 4.78 is 83.7. The molecule has 1 aromatic heterocycles. The smallest absolute Gasteiger partial charge is 0.418 e. The number of ketones is 1. The minimum Gasteiger partial charge on any atom is -0.512 e. The van der Waals surface area contributed by atoms with E-state index in [1.165, 1.54) is 35.8 Å². The van der Waals surface area contributed by atoms with Gasteiger partial charge in [0, 0.05) is 49.9 Å². The number of aliphatic hydroxyl groups excluding tert-OH is 1. The van der Waals surface area contributed by atoms with E-state index in [0.717, 1.165) is 73.7 Å². The number of para-hydroxylation sites is 1. The average Bonchev–Trinajstić information content (AvgIpc) is 3.20. The third-order valence-corrected chi connectivity index (χ3v) is 12.4. The summed E-state index contributed by atoms with van der Waals surface area (Å²) in [7, 11) is 0. The molecule has 1 radical (unpaired) electrons. The largest absolute Gasteiger partial charge is 0.512 e. The van der Waals surface area contributed by atoms with E-state index >= 15 is 0 Å². The van der Waals surface area contributed by atoms with Crippen LogP contribution in [0.1, 0.15) is 101 Å². The monoisotopic (exact) mass is 1050 g/mol. The molecule has 3 aromatic carbocycles. The molecule has 1 unspecified atom stereocenters. The molecule has 0 amide bonds. The van der Waals surface area contributed by atoms with Gasteiger partial charge in [-0.1, -0.05) is 130 Å². The number of aliphatic imine (C=N–C) groups is 1. The standard InChI is InChI=1S/C38H32BF6N2.C13H24O2.Ir/c1-22-9-8-10-23(2)35(22)39-30-11-6-7-12-32(30)47-33-16-14-26(18-31(33)39)34-19-28(29(21-46-34)37(40,41)42)27-15-13-25(17-24(27)3)20-36(4,5)38(43,44)45;1-5-10(6-2)12(14)9-13(15)11(7-3)8-4;/h6-13,15-19,21,31H,20H2,1-5H3;9-11,14H,5-8H2,1-4H3;/q-1;;/b;12-9-;. The average molecular weight is 1050 g/mol. The molecule has 0 bridgehead atoms. The number of hydrogen-bond acceptors (Lipinski definition) is 4. The number of aromatic nitrogens is 1. The molecule has 2 aliphatic rings. The van der Waals surface area contributed by atoms with Crippen molar-refractivity contribution in [2.75, 3.05) is 0 Å². The number of pyridine rings is 1. The number of rotatable bonds is 12. The van der Waals surface area contributed by atoms with Crippen LogP contribution in [0.25, 0.3) is 16.7 Å². The first-order valence-corrected chi connectivity index (χ1v) is 21.4. The topological polar surface area (TPSA) is 62.5 Å². The van der Waals surface area contributed by atoms with Gasteiger partial charge in [0.2, 0.25) is 6.71 Å². The van der Waals surface area contributed by atoms with Crippen LogP contribution in [0.15, 0.2) is 102 Å². The van der Waals surface area contributed by atoms with Gasteiger partial charge in [-0.3, -0.25) is 4.79 Å². The number of alkyl halides is 6. The van der Waals surface area contributed by atoms with Gasteiger partial charge < -0.3 is 15.1 Å². The number of carbonyl (C=O) groups is 1. The van der Waals surface area contributed by atoms with E-state index in [9.17, 15) is 36.2 Å². The van der Waals surface area contributed by atoms with Crippen LogP contribution in [0.5, 0.6) is 0 Å². The molecule has 6 rings (SSSR count). The van der Waals surface area contributed by atoms with Gasteiger partial charge in [-0.25, -0.2) is 0 Å². The number of allylic oxidation sites excluding steroid dienone is 6. The molecule has 1 N–H and O–H groups in total. The van der Waals surface area contributed by atoms with Crippen molar-refractivity contribution < 1.29 is 56.3 Å². The van der Waals surface area contributed by atoms with Crippen molar-refractivity contribution in [3.8, 4) is 11.1 Å². The van der Waals surface area contributed by atoms with E-state index in [-0.39, 0.29) is 73.6 Å². The molecule has 1 aliphatic carbocycles. The van der Waals surface area contributed by atoms with Crippen LogP contribution in [-0.4, -0.2) is 34.5 Å². The van der Waals surface area contributed by atoms with Gasteiger partial charge in [0.05, 0.1) is 16.7 Å². The summed E-state index contributed by atoms with van der Waals surface area (Å²) in [6.07, 6.45) is 3.30. The fraction of sp³-hybridized carbons (Fsp3) is 0.392. The Labute approximate surface area is 382 Å². The first kappa shape index (κ1) is 51.1. The second-order valence-corrected chi connectivity index (χ2v) is 17.1. The number of aliphatic hydroxyl groups is 1. The fourth-order valence-corrected chi connectivity index (χ4v) is 8.51. The summed E-state index contributed by atoms with van der Waals surface area (Å²) in [5.41, 5.74) is 5.13. The summed E-state index contributed by atoms with van der Waals surface area (Å²) in [5, 5.41) is 9.76. The Hall–Kier alpha value is -4.54. The van der Waals surface area contributed by atoms with Gasteiger partial charge in [0.1, 0.15) is 0 Å². The Balaban J connectivity index is 0.000000467. The Kier molecular flexibility index (Phi) is 17.0. The SMILES string of the molecule is CCC(CC)C(=O)/C=C(\O)C(CC)CC.Cc1cc(CC(C)(C)C(F)(F)F)ccc1-c1cc(C2=CC3B(c4c(C)cccc4C)c4ccccc4N=C3C=[C-]2)ncc1C(F)(F)F.[Ir]. The summed E-state index contributed by atoms with van der Waals surface area (Å²) in [6.45, 7) is 16.0. The molecule has 0 fully saturated rings. The molecule has 63 heavy (non-hydrogen) atoms. The van der Waals surface area contributed by atoms with Gasteiger partial charge in [-0.2, -0.15) is 32.4 Å². The Morgan fingerprint density at radius 2 is 1.44 bits per heavy atom. The molecular formula is C51H56BF6IrN2O2-. The summed E-state index contributed by atoms with van der Waals surface area (Å²) in [4.78, 5) is 20.9. The van der Waals surface area contributed by atoms with Crippen molar-refractivity contribution in [2.24, 2.45) is 22.2 Å². The van der Waals surface area contributed by atoms with Crippen LogP contribution >= 0.6 is 0 Å². The zero-order valence-corrected chi connectivity index (χ0v) is 39.8. The first-order valence-electron chi connectivity index (χ1n) is 21.4. The quantitative estimate of drug-likeness (QED) is 0.0506. The molecule has 1 aliphatic heterocycles. The number of halogens is 6. The van der Waals surface area contributed by atoms with Crippen LogP contribution in [0, 0.1) is 44.1 Å². The number of benzene rings is 3. The maximum absolute atomic E-state index is 14.3. The second kappa shape index (κ2) is 21.0. The van der Waals surface area contributed by atoms with Crippen molar-refractivity contribution in [2.45, 2.75) is 113 Å². The maximum Gasteiger partial charge on any atom is 0.418 e. The third-order valence-electron chi connectivity index (χ3n) is 12.4. The molecule has 0 saturated carbocycles. The maximum atomic E-state index is 14.3. The minimum absolute atomic E-state index is 0.